The van der Waals surface area contributed by atoms with Crippen LogP contribution in [0, 0.1) is 27.7 Å². The average Bonchev–Trinajstić information content (AvgIpc) is 2.59. The van der Waals surface area contributed by atoms with Crippen molar-refractivity contribution in [2.24, 2.45) is 0 Å². The third-order valence-electron chi connectivity index (χ3n) is 4.61. The Kier molecular flexibility index (Phi) is 7.12. The number of thiol groups is 1. The van der Waals surface area contributed by atoms with Gasteiger partial charge in [0.2, 0.25) is 0 Å². The Morgan fingerprint density at radius 1 is 1.15 bits per heavy atom. The largest absolute Gasteiger partial charge is 0.395 e. The van der Waals surface area contributed by atoms with E-state index in [1.165, 1.54) is 26.6 Å². The maximum absolute atomic E-state index is 12.5. The first-order chi connectivity index (χ1) is 12.3. The zero-order valence-electron chi connectivity index (χ0n) is 15.9. The summed E-state index contributed by atoms with van der Waals surface area (Å²) < 4.78 is 1.44. The second-order valence-corrected chi connectivity index (χ2v) is 7.24. The number of hydrogen-bond donors (Lipinski definition) is 3. The van der Waals surface area contributed by atoms with Gasteiger partial charge in [0.05, 0.1) is 12.6 Å². The molecule has 0 aliphatic heterocycles. The lowest BCUT2D eigenvalue weighted by molar-refractivity contribution is 0.211. The standard InChI is InChI=1S/C21H28N2O2S/c1-14-10-15(2)12-18(11-14)13-20(23(26)21(25)22-8-9-24)19-7-5-6-16(3)17(19)4/h5-7,10-12,20,24,26H,8-9,13H2,1-4H3,(H,22,25). The van der Waals surface area contributed by atoms with Gasteiger partial charge in [0.15, 0.2) is 0 Å². The molecular weight excluding hydrogens is 344 g/mol. The number of aliphatic hydroxyl groups excluding tert-OH is 1. The third-order valence-corrected chi connectivity index (χ3v) is 5.07. The van der Waals surface area contributed by atoms with Gasteiger partial charge in [0, 0.05) is 6.54 Å². The molecule has 0 saturated heterocycles. The molecule has 2 aromatic rings. The summed E-state index contributed by atoms with van der Waals surface area (Å²) in [6.07, 6.45) is 0.670. The summed E-state index contributed by atoms with van der Waals surface area (Å²) in [6, 6.07) is 12.1. The first-order valence-electron chi connectivity index (χ1n) is 8.83. The van der Waals surface area contributed by atoms with E-state index in [1.54, 1.807) is 0 Å². The SMILES string of the molecule is Cc1cc(C)cc(CC(c2cccc(C)c2C)N(S)C(=O)NCCO)c1. The molecule has 2 N–H and O–H groups in total. The fourth-order valence-electron chi connectivity index (χ4n) is 3.26. The molecule has 0 spiro atoms. The predicted octanol–water partition coefficient (Wildman–Crippen LogP) is 4.05. The molecule has 0 bridgehead atoms. The first-order valence-corrected chi connectivity index (χ1v) is 9.23. The molecule has 2 rings (SSSR count). The maximum Gasteiger partial charge on any atom is 0.327 e. The molecule has 140 valence electrons. The topological polar surface area (TPSA) is 52.6 Å². The summed E-state index contributed by atoms with van der Waals surface area (Å²) in [5.41, 5.74) is 7.01. The Labute approximate surface area is 161 Å². The van der Waals surface area contributed by atoms with Crippen LogP contribution in [0.4, 0.5) is 4.79 Å². The number of hydrogen-bond acceptors (Lipinski definition) is 3. The van der Waals surface area contributed by atoms with E-state index in [-0.39, 0.29) is 25.2 Å². The van der Waals surface area contributed by atoms with Crippen LogP contribution in [0.25, 0.3) is 0 Å². The van der Waals surface area contributed by atoms with Crippen molar-refractivity contribution in [1.29, 1.82) is 0 Å². The van der Waals surface area contributed by atoms with Crippen molar-refractivity contribution < 1.29 is 9.90 Å². The number of urea groups is 1. The minimum atomic E-state index is -0.308. The summed E-state index contributed by atoms with van der Waals surface area (Å²) in [7, 11) is 0. The summed E-state index contributed by atoms with van der Waals surface area (Å²) in [4.78, 5) is 12.5. The second kappa shape index (κ2) is 9.10. The van der Waals surface area contributed by atoms with Crippen LogP contribution < -0.4 is 5.32 Å². The quantitative estimate of drug-likeness (QED) is 0.670. The van der Waals surface area contributed by atoms with Gasteiger partial charge in [-0.3, -0.25) is 4.31 Å². The minimum absolute atomic E-state index is 0.0986. The van der Waals surface area contributed by atoms with Gasteiger partial charge in [-0.1, -0.05) is 60.3 Å². The van der Waals surface area contributed by atoms with E-state index >= 15 is 0 Å². The Balaban J connectivity index is 2.40. The summed E-state index contributed by atoms with van der Waals surface area (Å²) >= 11 is 4.51. The van der Waals surface area contributed by atoms with E-state index in [0.29, 0.717) is 6.42 Å². The molecule has 0 aliphatic carbocycles. The average molecular weight is 373 g/mol. The zero-order valence-corrected chi connectivity index (χ0v) is 16.8. The number of amides is 2. The van der Waals surface area contributed by atoms with E-state index in [1.807, 2.05) is 6.07 Å². The van der Waals surface area contributed by atoms with Crippen molar-refractivity contribution in [3.05, 3.63) is 69.8 Å². The van der Waals surface area contributed by atoms with E-state index in [9.17, 15) is 4.79 Å². The molecule has 2 amide bonds. The van der Waals surface area contributed by atoms with Crippen molar-refractivity contribution in [2.75, 3.05) is 13.2 Å². The highest BCUT2D eigenvalue weighted by atomic mass is 32.1. The van der Waals surface area contributed by atoms with Crippen LogP contribution in [0.1, 0.15) is 39.4 Å². The lowest BCUT2D eigenvalue weighted by Gasteiger charge is -2.29. The van der Waals surface area contributed by atoms with Crippen LogP contribution in [-0.2, 0) is 6.42 Å². The van der Waals surface area contributed by atoms with E-state index in [0.717, 1.165) is 11.1 Å². The number of carbonyl (C=O) groups excluding carboxylic acids is 1. The van der Waals surface area contributed by atoms with Crippen LogP contribution in [-0.4, -0.2) is 28.6 Å². The first kappa shape index (κ1) is 20.3. The number of nitrogens with one attached hydrogen (secondary N) is 1. The van der Waals surface area contributed by atoms with Crippen LogP contribution in [0.2, 0.25) is 0 Å². The van der Waals surface area contributed by atoms with Crippen molar-refractivity contribution in [1.82, 2.24) is 9.62 Å². The molecule has 26 heavy (non-hydrogen) atoms. The molecule has 0 saturated carbocycles. The van der Waals surface area contributed by atoms with Gasteiger partial charge in [-0.25, -0.2) is 4.79 Å². The number of aliphatic hydroxyl groups is 1. The molecule has 0 aromatic heterocycles. The minimum Gasteiger partial charge on any atom is -0.395 e. The molecule has 0 radical (unpaired) electrons. The predicted molar refractivity (Wildman–Crippen MR) is 110 cm³/mol. The van der Waals surface area contributed by atoms with Gasteiger partial charge in [-0.15, -0.1) is 0 Å². The summed E-state index contributed by atoms with van der Waals surface area (Å²) in [6.45, 7) is 8.41. The van der Waals surface area contributed by atoms with Crippen molar-refractivity contribution in [3.8, 4) is 0 Å². The number of aryl methyl sites for hydroxylation is 3. The van der Waals surface area contributed by atoms with Gasteiger partial charge in [0.25, 0.3) is 0 Å². The van der Waals surface area contributed by atoms with Crippen molar-refractivity contribution in [2.45, 2.75) is 40.2 Å². The van der Waals surface area contributed by atoms with Crippen LogP contribution in [0.3, 0.4) is 0 Å². The van der Waals surface area contributed by atoms with Crippen molar-refractivity contribution >= 4 is 18.8 Å². The van der Waals surface area contributed by atoms with Crippen LogP contribution in [0.5, 0.6) is 0 Å². The Morgan fingerprint density at radius 3 is 2.42 bits per heavy atom. The number of nitrogens with zero attached hydrogens (tertiary/aromatic N) is 1. The monoisotopic (exact) mass is 372 g/mol. The lowest BCUT2D eigenvalue weighted by Crippen LogP contribution is -2.38. The normalized spacial score (nSPS) is 11.9. The Morgan fingerprint density at radius 2 is 1.81 bits per heavy atom. The highest BCUT2D eigenvalue weighted by Gasteiger charge is 2.25. The molecule has 0 aliphatic rings. The second-order valence-electron chi connectivity index (χ2n) is 6.81. The van der Waals surface area contributed by atoms with Gasteiger partial charge in [-0.2, -0.15) is 0 Å². The number of benzene rings is 2. The lowest BCUT2D eigenvalue weighted by atomic mass is 9.92. The number of carbonyl (C=O) groups is 1. The molecule has 5 heteroatoms. The Hall–Kier alpha value is -1.98. The fourth-order valence-corrected chi connectivity index (χ4v) is 3.54. The van der Waals surface area contributed by atoms with Crippen LogP contribution >= 0.6 is 12.8 Å². The molecule has 0 heterocycles. The maximum atomic E-state index is 12.5. The number of rotatable bonds is 6. The third kappa shape index (κ3) is 5.02. The van der Waals surface area contributed by atoms with Gasteiger partial charge in [0.1, 0.15) is 0 Å². The summed E-state index contributed by atoms with van der Waals surface area (Å²) in [5.74, 6) is 0. The van der Waals surface area contributed by atoms with Gasteiger partial charge in [-0.05, 0) is 56.4 Å². The van der Waals surface area contributed by atoms with Gasteiger partial charge < -0.3 is 10.4 Å². The molecule has 2 aromatic carbocycles. The highest BCUT2D eigenvalue weighted by Crippen LogP contribution is 2.31. The Bertz CT molecular complexity index is 756. The molecular formula is C21H28N2O2S. The fraction of sp³-hybridized carbons (Fsp3) is 0.381. The van der Waals surface area contributed by atoms with Crippen molar-refractivity contribution in [3.63, 3.8) is 0 Å². The highest BCUT2D eigenvalue weighted by molar-refractivity contribution is 7.78. The summed E-state index contributed by atoms with van der Waals surface area (Å²) in [5, 5.41) is 11.7. The molecule has 1 unspecified atom stereocenters. The molecule has 4 nitrogen and oxygen atoms in total. The van der Waals surface area contributed by atoms with E-state index in [4.69, 9.17) is 5.11 Å². The van der Waals surface area contributed by atoms with E-state index in [2.05, 4.69) is 76.2 Å². The molecule has 1 atom stereocenters. The van der Waals surface area contributed by atoms with Gasteiger partial charge >= 0.3 is 6.03 Å². The van der Waals surface area contributed by atoms with E-state index < -0.39 is 0 Å². The smallest absolute Gasteiger partial charge is 0.327 e. The molecule has 0 fully saturated rings. The van der Waals surface area contributed by atoms with Crippen LogP contribution in [0.15, 0.2) is 36.4 Å². The zero-order chi connectivity index (χ0) is 19.3.